The number of nitrogens with zero attached hydrogens (tertiary/aromatic N) is 1. The van der Waals surface area contributed by atoms with Gasteiger partial charge in [-0.05, 0) is 81.1 Å². The fraction of sp³-hybridized carbons (Fsp3) is 0.435. The molecule has 150 valence electrons. The molecule has 4 nitrogen and oxygen atoms in total. The summed E-state index contributed by atoms with van der Waals surface area (Å²) >= 11 is 6.19. The number of nitrogens with one attached hydrogen (secondary N) is 1. The molecule has 1 aliphatic heterocycles. The molecule has 1 saturated heterocycles. The predicted octanol–water partition coefficient (Wildman–Crippen LogP) is 4.64. The first-order chi connectivity index (χ1) is 13.4. The molecular formula is C23H29ClN2O2. The van der Waals surface area contributed by atoms with Crippen LogP contribution in [0.15, 0.2) is 36.4 Å². The van der Waals surface area contributed by atoms with Gasteiger partial charge in [0.15, 0.2) is 6.10 Å². The quantitative estimate of drug-likeness (QED) is 0.736. The number of hydrogen-bond acceptors (Lipinski definition) is 3. The zero-order valence-electron chi connectivity index (χ0n) is 16.9. The summed E-state index contributed by atoms with van der Waals surface area (Å²) in [5.41, 5.74) is 4.29. The van der Waals surface area contributed by atoms with Crippen molar-refractivity contribution >= 4 is 17.5 Å². The monoisotopic (exact) mass is 400 g/mol. The summed E-state index contributed by atoms with van der Waals surface area (Å²) in [6, 6.07) is 12.2. The molecule has 1 N–H and O–H groups in total. The number of rotatable bonds is 7. The van der Waals surface area contributed by atoms with Gasteiger partial charge in [-0.1, -0.05) is 35.9 Å². The molecule has 5 heteroatoms. The van der Waals surface area contributed by atoms with Crippen LogP contribution in [0.3, 0.4) is 0 Å². The standard InChI is InChI=1S/C23H29ClN2O2/c1-16-11-21(12-17(2)22(16)24)28-18(3)23(27)25-14-19-7-6-8-20(13-19)15-26-9-4-5-10-26/h6-8,11-13,18H,4-5,9-10,14-15H2,1-3H3,(H,25,27)/t18-/m0/s1. The molecule has 0 aliphatic carbocycles. The van der Waals surface area contributed by atoms with Crippen molar-refractivity contribution in [3.05, 3.63) is 63.7 Å². The number of hydrogen-bond donors (Lipinski definition) is 1. The van der Waals surface area contributed by atoms with Crippen molar-refractivity contribution in [1.82, 2.24) is 10.2 Å². The highest BCUT2D eigenvalue weighted by Gasteiger charge is 2.16. The number of ether oxygens (including phenoxy) is 1. The summed E-state index contributed by atoms with van der Waals surface area (Å²) in [6.45, 7) is 9.47. The van der Waals surface area contributed by atoms with Gasteiger partial charge in [0.2, 0.25) is 0 Å². The third kappa shape index (κ3) is 5.49. The minimum atomic E-state index is -0.576. The number of carbonyl (C=O) groups is 1. The molecule has 3 rings (SSSR count). The van der Waals surface area contributed by atoms with Crippen molar-refractivity contribution in [2.45, 2.75) is 52.8 Å². The van der Waals surface area contributed by atoms with E-state index in [1.807, 2.05) is 32.0 Å². The Balaban J connectivity index is 1.53. The molecule has 2 aromatic carbocycles. The molecule has 1 amide bonds. The molecule has 0 aromatic heterocycles. The Kier molecular flexibility index (Phi) is 6.97. The van der Waals surface area contributed by atoms with Gasteiger partial charge in [-0.15, -0.1) is 0 Å². The second kappa shape index (κ2) is 9.44. The van der Waals surface area contributed by atoms with E-state index in [9.17, 15) is 4.79 Å². The molecule has 0 unspecified atom stereocenters. The van der Waals surface area contributed by atoms with Crippen LogP contribution in [-0.4, -0.2) is 30.0 Å². The first-order valence-electron chi connectivity index (χ1n) is 9.93. The molecule has 2 aromatic rings. The summed E-state index contributed by atoms with van der Waals surface area (Å²) in [5, 5.41) is 3.71. The van der Waals surface area contributed by atoms with Crippen LogP contribution in [0.4, 0.5) is 0 Å². The van der Waals surface area contributed by atoms with Crippen LogP contribution in [-0.2, 0) is 17.9 Å². The molecule has 1 fully saturated rings. The van der Waals surface area contributed by atoms with E-state index in [1.54, 1.807) is 6.92 Å². The van der Waals surface area contributed by atoms with Crippen LogP contribution in [0.5, 0.6) is 5.75 Å². The highest BCUT2D eigenvalue weighted by atomic mass is 35.5. The van der Waals surface area contributed by atoms with E-state index in [0.717, 1.165) is 28.3 Å². The molecule has 0 saturated carbocycles. The van der Waals surface area contributed by atoms with Gasteiger partial charge < -0.3 is 10.1 Å². The number of aryl methyl sites for hydroxylation is 2. The zero-order valence-corrected chi connectivity index (χ0v) is 17.7. The van der Waals surface area contributed by atoms with Gasteiger partial charge in [-0.2, -0.15) is 0 Å². The van der Waals surface area contributed by atoms with E-state index in [-0.39, 0.29) is 5.91 Å². The van der Waals surface area contributed by atoms with Crippen LogP contribution < -0.4 is 10.1 Å². The van der Waals surface area contributed by atoms with Crippen molar-refractivity contribution in [2.24, 2.45) is 0 Å². The zero-order chi connectivity index (χ0) is 20.1. The summed E-state index contributed by atoms with van der Waals surface area (Å²) in [6.07, 6.45) is 2.01. The number of carbonyl (C=O) groups excluding carboxylic acids is 1. The highest BCUT2D eigenvalue weighted by Crippen LogP contribution is 2.26. The number of benzene rings is 2. The van der Waals surface area contributed by atoms with Crippen molar-refractivity contribution in [2.75, 3.05) is 13.1 Å². The van der Waals surface area contributed by atoms with Gasteiger partial charge in [0, 0.05) is 18.1 Å². The SMILES string of the molecule is Cc1cc(O[C@@H](C)C(=O)NCc2cccc(CN3CCCC3)c2)cc(C)c1Cl. The van der Waals surface area contributed by atoms with E-state index in [1.165, 1.54) is 31.5 Å². The van der Waals surface area contributed by atoms with Gasteiger partial charge in [-0.25, -0.2) is 0 Å². The summed E-state index contributed by atoms with van der Waals surface area (Å²) in [4.78, 5) is 14.9. The fourth-order valence-corrected chi connectivity index (χ4v) is 3.71. The maximum absolute atomic E-state index is 12.5. The molecular weight excluding hydrogens is 372 g/mol. The Labute approximate surface area is 172 Å². The number of amides is 1. The Morgan fingerprint density at radius 3 is 2.46 bits per heavy atom. The van der Waals surface area contributed by atoms with Crippen LogP contribution >= 0.6 is 11.6 Å². The van der Waals surface area contributed by atoms with Crippen molar-refractivity contribution in [3.8, 4) is 5.75 Å². The third-order valence-corrected chi connectivity index (χ3v) is 5.75. The second-order valence-electron chi connectivity index (χ2n) is 7.65. The Morgan fingerprint density at radius 2 is 1.79 bits per heavy atom. The fourth-order valence-electron chi connectivity index (χ4n) is 3.60. The average molecular weight is 401 g/mol. The van der Waals surface area contributed by atoms with Crippen molar-refractivity contribution < 1.29 is 9.53 Å². The van der Waals surface area contributed by atoms with Gasteiger partial charge >= 0.3 is 0 Å². The maximum atomic E-state index is 12.5. The largest absolute Gasteiger partial charge is 0.481 e. The molecule has 1 aliphatic rings. The van der Waals surface area contributed by atoms with Crippen LogP contribution in [0.25, 0.3) is 0 Å². The predicted molar refractivity (Wildman–Crippen MR) is 114 cm³/mol. The maximum Gasteiger partial charge on any atom is 0.261 e. The van der Waals surface area contributed by atoms with Gasteiger partial charge in [0.1, 0.15) is 5.75 Å². The minimum Gasteiger partial charge on any atom is -0.481 e. The van der Waals surface area contributed by atoms with Crippen LogP contribution in [0.2, 0.25) is 5.02 Å². The first-order valence-corrected chi connectivity index (χ1v) is 10.3. The lowest BCUT2D eigenvalue weighted by Gasteiger charge is -2.17. The smallest absolute Gasteiger partial charge is 0.261 e. The van der Waals surface area contributed by atoms with Crippen molar-refractivity contribution in [3.63, 3.8) is 0 Å². The molecule has 1 heterocycles. The molecule has 0 spiro atoms. The molecule has 0 bridgehead atoms. The topological polar surface area (TPSA) is 41.6 Å². The average Bonchev–Trinajstić information content (AvgIpc) is 3.17. The minimum absolute atomic E-state index is 0.129. The summed E-state index contributed by atoms with van der Waals surface area (Å²) in [5.74, 6) is 0.532. The Morgan fingerprint density at radius 1 is 1.14 bits per heavy atom. The molecule has 1 atom stereocenters. The van der Waals surface area contributed by atoms with Gasteiger partial charge in [-0.3, -0.25) is 9.69 Å². The summed E-state index contributed by atoms with van der Waals surface area (Å²) in [7, 11) is 0. The molecule has 0 radical (unpaired) electrons. The van der Waals surface area contributed by atoms with E-state index in [2.05, 4.69) is 28.4 Å². The van der Waals surface area contributed by atoms with Crippen molar-refractivity contribution in [1.29, 1.82) is 0 Å². The lowest BCUT2D eigenvalue weighted by molar-refractivity contribution is -0.127. The number of halogens is 1. The van der Waals surface area contributed by atoms with Gasteiger partial charge in [0.25, 0.3) is 5.91 Å². The van der Waals surface area contributed by atoms with E-state index < -0.39 is 6.10 Å². The first kappa shape index (κ1) is 20.7. The Hall–Kier alpha value is -2.04. The van der Waals surface area contributed by atoms with E-state index >= 15 is 0 Å². The van der Waals surface area contributed by atoms with E-state index in [4.69, 9.17) is 16.3 Å². The second-order valence-corrected chi connectivity index (χ2v) is 8.03. The third-order valence-electron chi connectivity index (χ3n) is 5.16. The number of likely N-dealkylation sites (tertiary alicyclic amines) is 1. The van der Waals surface area contributed by atoms with Crippen LogP contribution in [0, 0.1) is 13.8 Å². The normalized spacial score (nSPS) is 15.4. The van der Waals surface area contributed by atoms with Gasteiger partial charge in [0.05, 0.1) is 0 Å². The highest BCUT2D eigenvalue weighted by molar-refractivity contribution is 6.32. The lowest BCUT2D eigenvalue weighted by Crippen LogP contribution is -2.36. The van der Waals surface area contributed by atoms with E-state index in [0.29, 0.717) is 12.3 Å². The van der Waals surface area contributed by atoms with Crippen LogP contribution in [0.1, 0.15) is 42.0 Å². The Bertz CT molecular complexity index is 808. The molecule has 28 heavy (non-hydrogen) atoms. The summed E-state index contributed by atoms with van der Waals surface area (Å²) < 4.78 is 5.82. The lowest BCUT2D eigenvalue weighted by atomic mass is 10.1.